The molecular weight excluding hydrogens is 395 g/mol. The highest BCUT2D eigenvalue weighted by Gasteiger charge is 2.32. The van der Waals surface area contributed by atoms with Crippen molar-refractivity contribution in [3.63, 3.8) is 0 Å². The first kappa shape index (κ1) is 20.4. The molecule has 148 valence electrons. The van der Waals surface area contributed by atoms with E-state index in [2.05, 4.69) is 0 Å². The number of halogens is 2. The molecule has 0 radical (unpaired) electrons. The van der Waals surface area contributed by atoms with Gasteiger partial charge in [0, 0.05) is 10.6 Å². The highest BCUT2D eigenvalue weighted by Crippen LogP contribution is 2.29. The summed E-state index contributed by atoms with van der Waals surface area (Å²) in [6, 6.07) is 17.1. The van der Waals surface area contributed by atoms with Gasteiger partial charge < -0.3 is 15.7 Å². The number of phenols is 1. The molecule has 0 aliphatic heterocycles. The first-order valence-corrected chi connectivity index (χ1v) is 9.13. The van der Waals surface area contributed by atoms with Gasteiger partial charge in [0.2, 0.25) is 5.91 Å². The molecule has 0 fully saturated rings. The Hall–Kier alpha value is -3.38. The van der Waals surface area contributed by atoms with Crippen LogP contribution in [0.4, 0.5) is 4.39 Å². The average Bonchev–Trinajstić information content (AvgIpc) is 2.70. The summed E-state index contributed by atoms with van der Waals surface area (Å²) in [5, 5.41) is 10.4. The number of rotatable bonds is 6. The summed E-state index contributed by atoms with van der Waals surface area (Å²) in [5.74, 6) is -2.30. The second kappa shape index (κ2) is 8.75. The molecule has 0 saturated carbocycles. The molecule has 3 aromatic rings. The largest absolute Gasteiger partial charge is 0.507 e. The van der Waals surface area contributed by atoms with E-state index in [9.17, 15) is 19.1 Å². The molecule has 0 saturated heterocycles. The maximum absolute atomic E-state index is 14.4. The second-order valence-corrected chi connectivity index (χ2v) is 6.84. The third-order valence-corrected chi connectivity index (χ3v) is 4.68. The van der Waals surface area contributed by atoms with Crippen LogP contribution in [0.2, 0.25) is 5.02 Å². The smallest absolute Gasteiger partial charge is 0.258 e. The Morgan fingerprint density at radius 3 is 2.34 bits per heavy atom. The first-order valence-electron chi connectivity index (χ1n) is 8.75. The van der Waals surface area contributed by atoms with Crippen molar-refractivity contribution in [1.82, 2.24) is 4.90 Å². The van der Waals surface area contributed by atoms with Gasteiger partial charge in [0.25, 0.3) is 5.91 Å². The van der Waals surface area contributed by atoms with E-state index in [1.54, 1.807) is 42.5 Å². The van der Waals surface area contributed by atoms with E-state index in [4.69, 9.17) is 17.3 Å². The molecule has 3 rings (SSSR count). The quantitative estimate of drug-likeness (QED) is 0.640. The number of benzene rings is 3. The van der Waals surface area contributed by atoms with Crippen LogP contribution in [0, 0.1) is 5.82 Å². The molecule has 0 aromatic heterocycles. The monoisotopic (exact) mass is 412 g/mol. The normalized spacial score (nSPS) is 11.7. The van der Waals surface area contributed by atoms with Crippen LogP contribution in [0.3, 0.4) is 0 Å². The van der Waals surface area contributed by atoms with Crippen LogP contribution >= 0.6 is 11.6 Å². The van der Waals surface area contributed by atoms with Crippen molar-refractivity contribution >= 4 is 23.4 Å². The molecule has 2 amide bonds. The van der Waals surface area contributed by atoms with E-state index in [0.29, 0.717) is 5.56 Å². The van der Waals surface area contributed by atoms with Gasteiger partial charge in [-0.2, -0.15) is 0 Å². The lowest BCUT2D eigenvalue weighted by atomic mass is 10.0. The van der Waals surface area contributed by atoms with E-state index in [1.165, 1.54) is 30.3 Å². The SMILES string of the molecule is NC(=O)[C@@H](c1ccccc1)N(Cc1cc(Cl)ccc1F)C(=O)c1ccccc1O. The van der Waals surface area contributed by atoms with E-state index in [0.717, 1.165) is 4.90 Å². The molecule has 0 bridgehead atoms. The van der Waals surface area contributed by atoms with Gasteiger partial charge in [-0.15, -0.1) is 0 Å². The molecule has 3 N–H and O–H groups in total. The first-order chi connectivity index (χ1) is 13.9. The van der Waals surface area contributed by atoms with Crippen LogP contribution in [0.15, 0.2) is 72.8 Å². The summed E-state index contributed by atoms with van der Waals surface area (Å²) in [4.78, 5) is 26.8. The van der Waals surface area contributed by atoms with Gasteiger partial charge in [-0.3, -0.25) is 9.59 Å². The van der Waals surface area contributed by atoms with Crippen molar-refractivity contribution in [3.8, 4) is 5.75 Å². The van der Waals surface area contributed by atoms with Gasteiger partial charge in [-0.25, -0.2) is 4.39 Å². The fourth-order valence-electron chi connectivity index (χ4n) is 3.07. The predicted molar refractivity (Wildman–Crippen MR) is 108 cm³/mol. The number of hydrogen-bond acceptors (Lipinski definition) is 3. The third-order valence-electron chi connectivity index (χ3n) is 4.44. The fourth-order valence-corrected chi connectivity index (χ4v) is 3.27. The Labute approximate surface area is 172 Å². The average molecular weight is 413 g/mol. The summed E-state index contributed by atoms with van der Waals surface area (Å²) < 4.78 is 14.4. The van der Waals surface area contributed by atoms with E-state index in [1.807, 2.05) is 0 Å². The molecule has 3 aromatic carbocycles. The Morgan fingerprint density at radius 2 is 1.69 bits per heavy atom. The van der Waals surface area contributed by atoms with Gasteiger partial charge in [-0.05, 0) is 35.9 Å². The molecule has 0 unspecified atom stereocenters. The summed E-state index contributed by atoms with van der Waals surface area (Å²) in [6.07, 6.45) is 0. The maximum Gasteiger partial charge on any atom is 0.258 e. The number of nitrogens with two attached hydrogens (primary N) is 1. The zero-order valence-corrected chi connectivity index (χ0v) is 16.0. The van der Waals surface area contributed by atoms with Crippen LogP contribution in [-0.2, 0) is 11.3 Å². The number of aromatic hydroxyl groups is 1. The molecule has 1 atom stereocenters. The Bertz CT molecular complexity index is 1040. The van der Waals surface area contributed by atoms with Crippen molar-refractivity contribution < 1.29 is 19.1 Å². The van der Waals surface area contributed by atoms with Crippen LogP contribution < -0.4 is 5.73 Å². The van der Waals surface area contributed by atoms with E-state index >= 15 is 0 Å². The van der Waals surface area contributed by atoms with Crippen molar-refractivity contribution in [3.05, 3.63) is 100 Å². The number of amides is 2. The van der Waals surface area contributed by atoms with Gasteiger partial charge in [-0.1, -0.05) is 54.1 Å². The lowest BCUT2D eigenvalue weighted by molar-refractivity contribution is -0.122. The summed E-state index contributed by atoms with van der Waals surface area (Å²) in [6.45, 7) is -0.276. The molecule has 0 aliphatic rings. The van der Waals surface area contributed by atoms with Crippen LogP contribution in [0.1, 0.15) is 27.5 Å². The molecule has 7 heteroatoms. The van der Waals surface area contributed by atoms with Gasteiger partial charge in [0.15, 0.2) is 0 Å². The summed E-state index contributed by atoms with van der Waals surface area (Å²) in [5.41, 5.74) is 6.18. The van der Waals surface area contributed by atoms with Gasteiger partial charge >= 0.3 is 0 Å². The minimum atomic E-state index is -1.18. The van der Waals surface area contributed by atoms with Gasteiger partial charge in [0.05, 0.1) is 12.1 Å². The second-order valence-electron chi connectivity index (χ2n) is 6.40. The van der Waals surface area contributed by atoms with Crippen molar-refractivity contribution in [2.75, 3.05) is 0 Å². The fraction of sp³-hybridized carbons (Fsp3) is 0.0909. The predicted octanol–water partition coefficient (Wildman–Crippen LogP) is 4.05. The third kappa shape index (κ3) is 4.55. The minimum absolute atomic E-state index is 0.0304. The number of carbonyl (C=O) groups excluding carboxylic acids is 2. The maximum atomic E-state index is 14.4. The van der Waals surface area contributed by atoms with Crippen molar-refractivity contribution in [2.45, 2.75) is 12.6 Å². The number of hydrogen-bond donors (Lipinski definition) is 2. The highest BCUT2D eigenvalue weighted by atomic mass is 35.5. The van der Waals surface area contributed by atoms with E-state index < -0.39 is 23.7 Å². The summed E-state index contributed by atoms with van der Waals surface area (Å²) in [7, 11) is 0. The number of carbonyl (C=O) groups is 2. The van der Waals surface area contributed by atoms with Crippen LogP contribution in [0.5, 0.6) is 5.75 Å². The molecule has 0 aliphatic carbocycles. The number of para-hydroxylation sites is 1. The molecule has 0 heterocycles. The van der Waals surface area contributed by atoms with Crippen LogP contribution in [-0.4, -0.2) is 21.8 Å². The van der Waals surface area contributed by atoms with Crippen molar-refractivity contribution in [1.29, 1.82) is 0 Å². The molecular formula is C22H18ClFN2O3. The highest BCUT2D eigenvalue weighted by molar-refractivity contribution is 6.30. The summed E-state index contributed by atoms with van der Waals surface area (Å²) >= 11 is 5.98. The van der Waals surface area contributed by atoms with Crippen LogP contribution in [0.25, 0.3) is 0 Å². The number of nitrogens with zero attached hydrogens (tertiary/aromatic N) is 1. The Balaban J connectivity index is 2.12. The Morgan fingerprint density at radius 1 is 1.03 bits per heavy atom. The lowest BCUT2D eigenvalue weighted by Gasteiger charge is -2.30. The number of primary amides is 1. The molecule has 0 spiro atoms. The van der Waals surface area contributed by atoms with Crippen molar-refractivity contribution in [2.24, 2.45) is 5.73 Å². The zero-order valence-electron chi connectivity index (χ0n) is 15.3. The topological polar surface area (TPSA) is 83.6 Å². The van der Waals surface area contributed by atoms with E-state index in [-0.39, 0.29) is 28.4 Å². The zero-order chi connectivity index (χ0) is 21.0. The van der Waals surface area contributed by atoms with Gasteiger partial charge in [0.1, 0.15) is 17.6 Å². The molecule has 29 heavy (non-hydrogen) atoms. The lowest BCUT2D eigenvalue weighted by Crippen LogP contribution is -2.41. The standard InChI is InChI=1S/C22H18ClFN2O3/c23-16-10-11-18(24)15(12-16)13-26(22(29)17-8-4-5-9-19(17)27)20(21(25)28)14-6-2-1-3-7-14/h1-12,20,27H,13H2,(H2,25,28)/t20-/m1/s1. The molecule has 5 nitrogen and oxygen atoms in total. The minimum Gasteiger partial charge on any atom is -0.507 e. The number of phenolic OH excluding ortho intramolecular Hbond substituents is 1. The Kier molecular flexibility index (Phi) is 6.14.